The minimum atomic E-state index is 0.117. The summed E-state index contributed by atoms with van der Waals surface area (Å²) in [7, 11) is 0. The molecular formula is C24H25N3O2. The highest BCUT2D eigenvalue weighted by Crippen LogP contribution is 2.48. The van der Waals surface area contributed by atoms with Crippen LogP contribution in [0.2, 0.25) is 0 Å². The van der Waals surface area contributed by atoms with E-state index < -0.39 is 0 Å². The molecule has 0 radical (unpaired) electrons. The lowest BCUT2D eigenvalue weighted by Crippen LogP contribution is -2.51. The molecule has 1 aliphatic carbocycles. The smallest absolute Gasteiger partial charge is 0.242 e. The zero-order chi connectivity index (χ0) is 19.8. The SMILES string of the molecule is O=C(Cn1ccc2ccccc21)N1CCN(C(=O)[C@H]2C[C@@H]2c2ccccc2)CC1. The zero-order valence-electron chi connectivity index (χ0n) is 16.4. The van der Waals surface area contributed by atoms with Crippen LogP contribution in [0.1, 0.15) is 17.9 Å². The van der Waals surface area contributed by atoms with E-state index in [1.165, 1.54) is 5.56 Å². The molecule has 2 amide bonds. The topological polar surface area (TPSA) is 45.6 Å². The molecule has 1 aliphatic heterocycles. The number of para-hydroxylation sites is 1. The van der Waals surface area contributed by atoms with Crippen LogP contribution in [0, 0.1) is 5.92 Å². The third-order valence-corrected chi connectivity index (χ3v) is 6.27. The van der Waals surface area contributed by atoms with Crippen molar-refractivity contribution in [2.24, 2.45) is 5.92 Å². The summed E-state index contributed by atoms with van der Waals surface area (Å²) < 4.78 is 2.00. The van der Waals surface area contributed by atoms with Gasteiger partial charge in [0, 0.05) is 43.8 Å². The summed E-state index contributed by atoms with van der Waals surface area (Å²) in [4.78, 5) is 29.4. The Morgan fingerprint density at radius 3 is 2.31 bits per heavy atom. The molecule has 0 spiro atoms. The lowest BCUT2D eigenvalue weighted by atomic mass is 10.1. The van der Waals surface area contributed by atoms with Crippen LogP contribution in [0.4, 0.5) is 0 Å². The number of hydrogen-bond donors (Lipinski definition) is 0. The molecule has 0 unspecified atom stereocenters. The lowest BCUT2D eigenvalue weighted by molar-refractivity contribution is -0.140. The third kappa shape index (κ3) is 3.53. The average Bonchev–Trinajstić information content (AvgIpc) is 3.49. The quantitative estimate of drug-likeness (QED) is 0.691. The summed E-state index contributed by atoms with van der Waals surface area (Å²) in [5.41, 5.74) is 2.34. The van der Waals surface area contributed by atoms with Crippen molar-refractivity contribution in [2.75, 3.05) is 26.2 Å². The lowest BCUT2D eigenvalue weighted by Gasteiger charge is -2.35. The van der Waals surface area contributed by atoms with E-state index in [4.69, 9.17) is 0 Å². The van der Waals surface area contributed by atoms with Crippen molar-refractivity contribution < 1.29 is 9.59 Å². The van der Waals surface area contributed by atoms with Gasteiger partial charge in [-0.2, -0.15) is 0 Å². The van der Waals surface area contributed by atoms with Gasteiger partial charge in [0.25, 0.3) is 0 Å². The Bertz CT molecular complexity index is 1030. The van der Waals surface area contributed by atoms with Gasteiger partial charge in [-0.25, -0.2) is 0 Å². The fraction of sp³-hybridized carbons (Fsp3) is 0.333. The van der Waals surface area contributed by atoms with Crippen molar-refractivity contribution in [1.29, 1.82) is 0 Å². The summed E-state index contributed by atoms with van der Waals surface area (Å²) in [6, 6.07) is 20.4. The molecule has 3 aromatic rings. The fourth-order valence-electron chi connectivity index (χ4n) is 4.47. The Morgan fingerprint density at radius 1 is 0.828 bits per heavy atom. The van der Waals surface area contributed by atoms with Crippen molar-refractivity contribution in [1.82, 2.24) is 14.4 Å². The highest BCUT2D eigenvalue weighted by molar-refractivity contribution is 5.85. The number of carbonyl (C=O) groups is 2. The average molecular weight is 387 g/mol. The van der Waals surface area contributed by atoms with Gasteiger partial charge in [0.2, 0.25) is 11.8 Å². The number of benzene rings is 2. The number of nitrogens with zero attached hydrogens (tertiary/aromatic N) is 3. The van der Waals surface area contributed by atoms with Crippen LogP contribution in [0.15, 0.2) is 66.9 Å². The van der Waals surface area contributed by atoms with Gasteiger partial charge in [0.05, 0.1) is 0 Å². The second-order valence-corrected chi connectivity index (χ2v) is 8.07. The van der Waals surface area contributed by atoms with Crippen LogP contribution in [-0.4, -0.2) is 52.4 Å². The first-order valence-electron chi connectivity index (χ1n) is 10.4. The molecule has 2 aromatic carbocycles. The van der Waals surface area contributed by atoms with Crippen LogP contribution in [-0.2, 0) is 16.1 Å². The normalized spacial score (nSPS) is 21.4. The first kappa shape index (κ1) is 18.0. The van der Waals surface area contributed by atoms with Gasteiger partial charge in [0.15, 0.2) is 0 Å². The highest BCUT2D eigenvalue weighted by Gasteiger charge is 2.46. The molecule has 148 valence electrons. The molecule has 2 aliphatic rings. The summed E-state index contributed by atoms with van der Waals surface area (Å²) in [5, 5.41) is 1.15. The number of rotatable bonds is 4. The monoisotopic (exact) mass is 387 g/mol. The van der Waals surface area contributed by atoms with Crippen LogP contribution in [0.25, 0.3) is 10.9 Å². The Kier molecular flexibility index (Phi) is 4.58. The minimum absolute atomic E-state index is 0.117. The number of piperazine rings is 1. The molecule has 2 heterocycles. The molecule has 0 N–H and O–H groups in total. The van der Waals surface area contributed by atoms with Crippen LogP contribution >= 0.6 is 0 Å². The first-order chi connectivity index (χ1) is 14.2. The van der Waals surface area contributed by atoms with Gasteiger partial charge in [-0.3, -0.25) is 9.59 Å². The van der Waals surface area contributed by atoms with E-state index in [9.17, 15) is 9.59 Å². The molecular weight excluding hydrogens is 362 g/mol. The Labute approximate surface area is 170 Å². The number of amides is 2. The standard InChI is InChI=1S/C24H25N3O2/c28-23(17-27-11-10-19-8-4-5-9-22(19)27)25-12-14-26(15-13-25)24(29)21-16-20(21)18-6-2-1-3-7-18/h1-11,20-21H,12-17H2/t20-,21+/m1/s1. The molecule has 5 rings (SSSR count). The van der Waals surface area contributed by atoms with E-state index >= 15 is 0 Å². The predicted molar refractivity (Wildman–Crippen MR) is 112 cm³/mol. The second-order valence-electron chi connectivity index (χ2n) is 8.07. The number of carbonyl (C=O) groups excluding carboxylic acids is 2. The van der Waals surface area contributed by atoms with E-state index in [-0.39, 0.29) is 17.7 Å². The molecule has 2 atom stereocenters. The summed E-state index contributed by atoms with van der Waals surface area (Å²) in [6.07, 6.45) is 2.92. The van der Waals surface area contributed by atoms with Crippen LogP contribution in [0.5, 0.6) is 0 Å². The fourth-order valence-corrected chi connectivity index (χ4v) is 4.47. The van der Waals surface area contributed by atoms with Crippen molar-refractivity contribution in [3.8, 4) is 0 Å². The zero-order valence-corrected chi connectivity index (χ0v) is 16.4. The van der Waals surface area contributed by atoms with Gasteiger partial charge in [0.1, 0.15) is 6.54 Å². The summed E-state index contributed by atoms with van der Waals surface area (Å²) in [5.74, 6) is 0.852. The molecule has 2 fully saturated rings. The van der Waals surface area contributed by atoms with Gasteiger partial charge < -0.3 is 14.4 Å². The molecule has 1 saturated carbocycles. The Morgan fingerprint density at radius 2 is 1.52 bits per heavy atom. The molecule has 29 heavy (non-hydrogen) atoms. The van der Waals surface area contributed by atoms with E-state index in [2.05, 4.69) is 18.2 Å². The number of aromatic nitrogens is 1. The maximum absolute atomic E-state index is 12.8. The number of fused-ring (bicyclic) bond motifs is 1. The third-order valence-electron chi connectivity index (χ3n) is 6.27. The first-order valence-corrected chi connectivity index (χ1v) is 10.4. The summed E-state index contributed by atoms with van der Waals surface area (Å²) >= 11 is 0. The van der Waals surface area contributed by atoms with Crippen molar-refractivity contribution in [3.63, 3.8) is 0 Å². The Balaban J connectivity index is 1.15. The van der Waals surface area contributed by atoms with E-state index in [1.807, 2.05) is 63.0 Å². The van der Waals surface area contributed by atoms with E-state index in [1.54, 1.807) is 0 Å². The molecule has 1 aromatic heterocycles. The van der Waals surface area contributed by atoms with E-state index in [0.29, 0.717) is 38.6 Å². The minimum Gasteiger partial charge on any atom is -0.339 e. The second kappa shape index (κ2) is 7.39. The van der Waals surface area contributed by atoms with Crippen LogP contribution < -0.4 is 0 Å². The van der Waals surface area contributed by atoms with Crippen LogP contribution in [0.3, 0.4) is 0 Å². The predicted octanol–water partition coefficient (Wildman–Crippen LogP) is 3.12. The van der Waals surface area contributed by atoms with Crippen molar-refractivity contribution >= 4 is 22.7 Å². The molecule has 5 heteroatoms. The Hall–Kier alpha value is -3.08. The van der Waals surface area contributed by atoms with E-state index in [0.717, 1.165) is 17.3 Å². The van der Waals surface area contributed by atoms with Gasteiger partial charge >= 0.3 is 0 Å². The van der Waals surface area contributed by atoms with Gasteiger partial charge in [-0.15, -0.1) is 0 Å². The maximum atomic E-state index is 12.8. The highest BCUT2D eigenvalue weighted by atomic mass is 16.2. The van der Waals surface area contributed by atoms with Gasteiger partial charge in [-0.1, -0.05) is 48.5 Å². The molecule has 0 bridgehead atoms. The summed E-state index contributed by atoms with van der Waals surface area (Å²) in [6.45, 7) is 2.85. The van der Waals surface area contributed by atoms with Gasteiger partial charge in [-0.05, 0) is 35.4 Å². The molecule has 5 nitrogen and oxygen atoms in total. The van der Waals surface area contributed by atoms with Crippen molar-refractivity contribution in [3.05, 3.63) is 72.4 Å². The van der Waals surface area contributed by atoms with Crippen molar-refractivity contribution in [2.45, 2.75) is 18.9 Å². The maximum Gasteiger partial charge on any atom is 0.242 e. The largest absolute Gasteiger partial charge is 0.339 e. The molecule has 1 saturated heterocycles. The number of hydrogen-bond acceptors (Lipinski definition) is 2.